The maximum absolute atomic E-state index is 12.4. The number of thiazole rings is 1. The summed E-state index contributed by atoms with van der Waals surface area (Å²) in [5, 5.41) is 5.58. The molecule has 1 unspecified atom stereocenters. The second kappa shape index (κ2) is 7.96. The first-order valence-corrected chi connectivity index (χ1v) is 9.78. The van der Waals surface area contributed by atoms with Crippen LogP contribution in [0, 0.1) is 5.92 Å². The Labute approximate surface area is 146 Å². The normalized spacial score (nSPS) is 22.1. The van der Waals surface area contributed by atoms with Gasteiger partial charge >= 0.3 is 0 Å². The summed E-state index contributed by atoms with van der Waals surface area (Å²) < 4.78 is 0. The van der Waals surface area contributed by atoms with Gasteiger partial charge in [0, 0.05) is 30.9 Å². The maximum atomic E-state index is 12.4. The smallest absolute Gasteiger partial charge is 0.224 e. The van der Waals surface area contributed by atoms with Crippen LogP contribution >= 0.6 is 11.3 Å². The summed E-state index contributed by atoms with van der Waals surface area (Å²) in [5.74, 6) is 0.258. The van der Waals surface area contributed by atoms with E-state index in [0.29, 0.717) is 37.1 Å². The second-order valence-electron chi connectivity index (χ2n) is 6.79. The molecule has 2 amide bonds. The molecule has 0 spiro atoms. The first kappa shape index (κ1) is 17.2. The molecule has 2 fully saturated rings. The molecule has 3 N–H and O–H groups in total. The highest BCUT2D eigenvalue weighted by atomic mass is 32.1. The van der Waals surface area contributed by atoms with Gasteiger partial charge in [-0.05, 0) is 32.1 Å². The Morgan fingerprint density at radius 2 is 2.17 bits per heavy atom. The van der Waals surface area contributed by atoms with Gasteiger partial charge in [0.25, 0.3) is 0 Å². The number of likely N-dealkylation sites (tertiary alicyclic amines) is 1. The van der Waals surface area contributed by atoms with Crippen molar-refractivity contribution in [3.05, 3.63) is 11.1 Å². The number of piperidine rings is 1. The van der Waals surface area contributed by atoms with Crippen molar-refractivity contribution < 1.29 is 9.59 Å². The minimum absolute atomic E-state index is 0.0572. The number of anilines is 1. The fraction of sp³-hybridized carbons (Fsp3) is 0.706. The molecule has 1 saturated heterocycles. The van der Waals surface area contributed by atoms with E-state index in [4.69, 9.17) is 5.73 Å². The van der Waals surface area contributed by atoms with Gasteiger partial charge in [0.1, 0.15) is 0 Å². The highest BCUT2D eigenvalue weighted by Crippen LogP contribution is 2.28. The van der Waals surface area contributed by atoms with Crippen LogP contribution in [-0.2, 0) is 16.0 Å². The SMILES string of the molecule is Nc1nc(CCCNC(=O)C2CCC(=O)N(C3CCCC3)C2)cs1. The lowest BCUT2D eigenvalue weighted by atomic mass is 9.95. The number of nitrogens with one attached hydrogen (secondary N) is 1. The van der Waals surface area contributed by atoms with Crippen LogP contribution in [0.1, 0.15) is 50.6 Å². The Balaban J connectivity index is 1.41. The molecule has 0 aromatic carbocycles. The molecule has 1 aliphatic carbocycles. The van der Waals surface area contributed by atoms with Gasteiger partial charge < -0.3 is 16.0 Å². The zero-order valence-corrected chi connectivity index (χ0v) is 14.8. The summed E-state index contributed by atoms with van der Waals surface area (Å²) >= 11 is 1.45. The Hall–Kier alpha value is -1.63. The lowest BCUT2D eigenvalue weighted by molar-refractivity contribution is -0.140. The predicted molar refractivity (Wildman–Crippen MR) is 94.6 cm³/mol. The fourth-order valence-corrected chi connectivity index (χ4v) is 4.31. The third-order valence-corrected chi connectivity index (χ3v) is 5.78. The van der Waals surface area contributed by atoms with Crippen LogP contribution < -0.4 is 11.1 Å². The first-order chi connectivity index (χ1) is 11.6. The summed E-state index contributed by atoms with van der Waals surface area (Å²) in [6.45, 7) is 1.24. The molecular weight excluding hydrogens is 324 g/mol. The van der Waals surface area contributed by atoms with Crippen molar-refractivity contribution in [1.29, 1.82) is 0 Å². The number of nitrogens with two attached hydrogens (primary N) is 1. The number of hydrogen-bond donors (Lipinski definition) is 2. The monoisotopic (exact) mass is 350 g/mol. The van der Waals surface area contributed by atoms with Gasteiger partial charge in [-0.25, -0.2) is 4.98 Å². The van der Waals surface area contributed by atoms with E-state index in [1.165, 1.54) is 24.2 Å². The molecule has 6 nitrogen and oxygen atoms in total. The third kappa shape index (κ3) is 4.26. The molecule has 24 heavy (non-hydrogen) atoms. The minimum atomic E-state index is -0.0572. The lowest BCUT2D eigenvalue weighted by Crippen LogP contribution is -2.49. The lowest BCUT2D eigenvalue weighted by Gasteiger charge is -2.36. The average molecular weight is 350 g/mol. The van der Waals surface area contributed by atoms with Gasteiger partial charge in [0.2, 0.25) is 11.8 Å². The van der Waals surface area contributed by atoms with Crippen LogP contribution in [-0.4, -0.2) is 40.8 Å². The summed E-state index contributed by atoms with van der Waals surface area (Å²) in [4.78, 5) is 30.7. The van der Waals surface area contributed by atoms with Crippen LogP contribution in [0.5, 0.6) is 0 Å². The van der Waals surface area contributed by atoms with Crippen LogP contribution in [0.25, 0.3) is 0 Å². The molecule has 2 aliphatic rings. The standard InChI is InChI=1S/C17H26N4O2S/c18-17-20-13(11-24-17)4-3-9-19-16(23)12-7-8-15(22)21(10-12)14-5-1-2-6-14/h11-12,14H,1-10H2,(H2,18,20)(H,19,23). The van der Waals surface area contributed by atoms with Gasteiger partial charge in [0.15, 0.2) is 5.13 Å². The number of hydrogen-bond acceptors (Lipinski definition) is 5. The van der Waals surface area contributed by atoms with E-state index < -0.39 is 0 Å². The number of carbonyl (C=O) groups is 2. The molecule has 0 radical (unpaired) electrons. The van der Waals surface area contributed by atoms with Gasteiger partial charge in [-0.15, -0.1) is 11.3 Å². The van der Waals surface area contributed by atoms with Gasteiger partial charge in [-0.1, -0.05) is 12.8 Å². The predicted octanol–water partition coefficient (Wildman–Crippen LogP) is 1.96. The third-order valence-electron chi connectivity index (χ3n) is 5.06. The molecule has 1 aromatic rings. The Morgan fingerprint density at radius 1 is 1.38 bits per heavy atom. The van der Waals surface area contributed by atoms with E-state index >= 15 is 0 Å². The maximum Gasteiger partial charge on any atom is 0.224 e. The number of amides is 2. The largest absolute Gasteiger partial charge is 0.375 e. The number of rotatable bonds is 6. The van der Waals surface area contributed by atoms with Gasteiger partial charge in [0.05, 0.1) is 11.6 Å². The number of nitrogens with zero attached hydrogens (tertiary/aromatic N) is 2. The molecule has 3 rings (SSSR count). The van der Waals surface area contributed by atoms with Crippen molar-refractivity contribution in [3.63, 3.8) is 0 Å². The molecule has 0 bridgehead atoms. The van der Waals surface area contributed by atoms with Crippen molar-refractivity contribution in [2.24, 2.45) is 5.92 Å². The summed E-state index contributed by atoms with van der Waals surface area (Å²) in [6, 6.07) is 0.364. The van der Waals surface area contributed by atoms with Crippen LogP contribution in [0.2, 0.25) is 0 Å². The number of carbonyl (C=O) groups excluding carboxylic acids is 2. The van der Waals surface area contributed by atoms with E-state index in [1.807, 2.05) is 10.3 Å². The Kier molecular flexibility index (Phi) is 5.71. The fourth-order valence-electron chi connectivity index (χ4n) is 3.72. The highest BCUT2D eigenvalue weighted by Gasteiger charge is 2.34. The number of aromatic nitrogens is 1. The van der Waals surface area contributed by atoms with E-state index in [-0.39, 0.29) is 17.7 Å². The topological polar surface area (TPSA) is 88.3 Å². The molecule has 132 valence electrons. The Bertz CT molecular complexity index is 583. The molecule has 1 aliphatic heterocycles. The van der Waals surface area contributed by atoms with Crippen molar-refractivity contribution in [1.82, 2.24) is 15.2 Å². The van der Waals surface area contributed by atoms with Crippen molar-refractivity contribution in [3.8, 4) is 0 Å². The second-order valence-corrected chi connectivity index (χ2v) is 7.68. The van der Waals surface area contributed by atoms with Crippen molar-refractivity contribution in [2.45, 2.75) is 57.4 Å². The minimum Gasteiger partial charge on any atom is -0.375 e. The van der Waals surface area contributed by atoms with Gasteiger partial charge in [-0.2, -0.15) is 0 Å². The number of aryl methyl sites for hydroxylation is 1. The summed E-state index contributed by atoms with van der Waals surface area (Å²) in [7, 11) is 0. The average Bonchev–Trinajstić information content (AvgIpc) is 3.23. The summed E-state index contributed by atoms with van der Waals surface area (Å²) in [5.41, 5.74) is 6.60. The molecule has 1 atom stereocenters. The zero-order chi connectivity index (χ0) is 16.9. The van der Waals surface area contributed by atoms with E-state index in [0.717, 1.165) is 31.4 Å². The first-order valence-electron chi connectivity index (χ1n) is 8.90. The van der Waals surface area contributed by atoms with E-state index in [9.17, 15) is 9.59 Å². The van der Waals surface area contributed by atoms with Gasteiger partial charge in [-0.3, -0.25) is 9.59 Å². The molecular formula is C17H26N4O2S. The quantitative estimate of drug-likeness (QED) is 0.768. The van der Waals surface area contributed by atoms with E-state index in [1.54, 1.807) is 0 Å². The van der Waals surface area contributed by atoms with Crippen molar-refractivity contribution in [2.75, 3.05) is 18.8 Å². The molecule has 1 saturated carbocycles. The number of nitrogen functional groups attached to an aromatic ring is 1. The molecule has 2 heterocycles. The molecule has 7 heteroatoms. The Morgan fingerprint density at radius 3 is 2.88 bits per heavy atom. The van der Waals surface area contributed by atoms with Crippen LogP contribution in [0.3, 0.4) is 0 Å². The van der Waals surface area contributed by atoms with Crippen LogP contribution in [0.4, 0.5) is 5.13 Å². The van der Waals surface area contributed by atoms with E-state index in [2.05, 4.69) is 10.3 Å². The highest BCUT2D eigenvalue weighted by molar-refractivity contribution is 7.13. The summed E-state index contributed by atoms with van der Waals surface area (Å²) in [6.07, 6.45) is 7.45. The van der Waals surface area contributed by atoms with Crippen molar-refractivity contribution >= 4 is 28.3 Å². The van der Waals surface area contributed by atoms with Crippen LogP contribution in [0.15, 0.2) is 5.38 Å². The molecule has 1 aromatic heterocycles. The zero-order valence-electron chi connectivity index (χ0n) is 14.0.